The van der Waals surface area contributed by atoms with Crippen LogP contribution in [0.3, 0.4) is 0 Å². The molecule has 4 rings (SSSR count). The molecule has 3 heterocycles. The molecule has 0 saturated carbocycles. The van der Waals surface area contributed by atoms with Gasteiger partial charge in [-0.2, -0.15) is 33.2 Å². The third-order valence-corrected chi connectivity index (χ3v) is 4.79. The van der Waals surface area contributed by atoms with Crippen molar-refractivity contribution in [1.82, 2.24) is 15.0 Å². The van der Waals surface area contributed by atoms with Crippen LogP contribution in [0.1, 0.15) is 11.1 Å². The summed E-state index contributed by atoms with van der Waals surface area (Å²) in [6, 6.07) is 4.91. The number of nitrogens with zero attached hydrogens (tertiary/aromatic N) is 6. The summed E-state index contributed by atoms with van der Waals surface area (Å²) in [5.74, 6) is 1.20. The van der Waals surface area contributed by atoms with E-state index in [2.05, 4.69) is 25.5 Å². The molecule has 166 valence electrons. The van der Waals surface area contributed by atoms with Gasteiger partial charge in [-0.15, -0.1) is 0 Å². The molecule has 1 N–H and O–H groups in total. The van der Waals surface area contributed by atoms with Gasteiger partial charge in [-0.25, -0.2) is 5.43 Å². The molecule has 0 unspecified atom stereocenters. The topological polar surface area (TPSA) is 88.0 Å². The highest BCUT2D eigenvalue weighted by Crippen LogP contribution is 2.29. The summed E-state index contributed by atoms with van der Waals surface area (Å²) in [5.41, 5.74) is 2.29. The molecule has 0 aliphatic carbocycles. The Morgan fingerprint density at radius 2 is 1.48 bits per heavy atom. The highest BCUT2D eigenvalue weighted by atomic mass is 19.4. The molecule has 1 aromatic carbocycles. The number of ether oxygens (including phenoxy) is 2. The van der Waals surface area contributed by atoms with E-state index in [-0.39, 0.29) is 5.95 Å². The van der Waals surface area contributed by atoms with E-state index in [9.17, 15) is 13.2 Å². The number of nitrogens with one attached hydrogen (secondary N) is 1. The first-order chi connectivity index (χ1) is 15.0. The molecule has 31 heavy (non-hydrogen) atoms. The van der Waals surface area contributed by atoms with E-state index in [4.69, 9.17) is 9.47 Å². The van der Waals surface area contributed by atoms with Crippen molar-refractivity contribution in [3.8, 4) is 0 Å². The molecule has 2 aliphatic heterocycles. The van der Waals surface area contributed by atoms with Gasteiger partial charge in [0.2, 0.25) is 17.8 Å². The maximum absolute atomic E-state index is 12.9. The van der Waals surface area contributed by atoms with Gasteiger partial charge in [-0.3, -0.25) is 0 Å². The molecular weight excluding hydrogens is 415 g/mol. The number of halogens is 3. The SMILES string of the molecule is FC(F)(F)c1cccc(/C=N/Nc2nc(N3CCOCC3)nc(N3CCOCC3)n2)c1. The first-order valence-electron chi connectivity index (χ1n) is 9.87. The average Bonchev–Trinajstić information content (AvgIpc) is 2.80. The fourth-order valence-corrected chi connectivity index (χ4v) is 3.17. The maximum Gasteiger partial charge on any atom is 0.416 e. The minimum absolute atomic E-state index is 0.209. The van der Waals surface area contributed by atoms with Crippen LogP contribution in [0.15, 0.2) is 29.4 Å². The monoisotopic (exact) mass is 437 g/mol. The van der Waals surface area contributed by atoms with Crippen LogP contribution < -0.4 is 15.2 Å². The zero-order chi connectivity index (χ0) is 21.7. The van der Waals surface area contributed by atoms with Crippen LogP contribution in [0.2, 0.25) is 0 Å². The van der Waals surface area contributed by atoms with Crippen LogP contribution in [-0.4, -0.2) is 73.8 Å². The van der Waals surface area contributed by atoms with E-state index in [0.29, 0.717) is 70.1 Å². The number of benzene rings is 1. The average molecular weight is 437 g/mol. The number of morpholine rings is 2. The standard InChI is InChI=1S/C19H22F3N7O2/c20-19(21,22)15-3-1-2-14(12-15)13-23-27-16-24-17(28-4-8-30-9-5-28)26-18(25-16)29-6-10-31-11-7-29/h1-3,12-13H,4-11H2,(H,24,25,26,27)/b23-13+. The predicted octanol–water partition coefficient (Wildman–Crippen LogP) is 2.01. The smallest absolute Gasteiger partial charge is 0.378 e. The van der Waals surface area contributed by atoms with Crippen LogP contribution in [0.5, 0.6) is 0 Å². The van der Waals surface area contributed by atoms with Crippen molar-refractivity contribution < 1.29 is 22.6 Å². The summed E-state index contributed by atoms with van der Waals surface area (Å²) in [7, 11) is 0. The van der Waals surface area contributed by atoms with Gasteiger partial charge in [0.15, 0.2) is 0 Å². The highest BCUT2D eigenvalue weighted by molar-refractivity contribution is 5.80. The van der Waals surface area contributed by atoms with Crippen molar-refractivity contribution in [1.29, 1.82) is 0 Å². The van der Waals surface area contributed by atoms with Crippen molar-refractivity contribution in [2.75, 3.05) is 67.8 Å². The van der Waals surface area contributed by atoms with Gasteiger partial charge in [-0.1, -0.05) is 12.1 Å². The van der Waals surface area contributed by atoms with Crippen LogP contribution in [0.25, 0.3) is 0 Å². The van der Waals surface area contributed by atoms with Crippen molar-refractivity contribution >= 4 is 24.1 Å². The van der Waals surface area contributed by atoms with E-state index in [1.807, 2.05) is 9.80 Å². The maximum atomic E-state index is 12.9. The lowest BCUT2D eigenvalue weighted by atomic mass is 10.1. The second-order valence-electron chi connectivity index (χ2n) is 6.95. The third kappa shape index (κ3) is 5.58. The molecule has 12 heteroatoms. The Bertz CT molecular complexity index is 877. The third-order valence-electron chi connectivity index (χ3n) is 4.79. The van der Waals surface area contributed by atoms with Crippen molar-refractivity contribution in [2.24, 2.45) is 5.10 Å². The van der Waals surface area contributed by atoms with E-state index in [1.54, 1.807) is 0 Å². The quantitative estimate of drug-likeness (QED) is 0.562. The van der Waals surface area contributed by atoms with Crippen molar-refractivity contribution in [3.05, 3.63) is 35.4 Å². The molecule has 0 spiro atoms. The zero-order valence-corrected chi connectivity index (χ0v) is 16.7. The Balaban J connectivity index is 1.54. The second kappa shape index (κ2) is 9.43. The Labute approximate surface area is 176 Å². The van der Waals surface area contributed by atoms with Gasteiger partial charge in [0.05, 0.1) is 38.2 Å². The van der Waals surface area contributed by atoms with E-state index < -0.39 is 11.7 Å². The number of hydrogen-bond donors (Lipinski definition) is 1. The molecule has 0 atom stereocenters. The molecular formula is C19H22F3N7O2. The van der Waals surface area contributed by atoms with E-state index in [1.165, 1.54) is 18.3 Å². The lowest BCUT2D eigenvalue weighted by Gasteiger charge is -2.30. The zero-order valence-electron chi connectivity index (χ0n) is 16.7. The highest BCUT2D eigenvalue weighted by Gasteiger charge is 2.30. The second-order valence-corrected chi connectivity index (χ2v) is 6.95. The van der Waals surface area contributed by atoms with Gasteiger partial charge in [-0.05, 0) is 17.7 Å². The fraction of sp³-hybridized carbons (Fsp3) is 0.474. The Kier molecular flexibility index (Phi) is 6.47. The number of anilines is 3. The van der Waals surface area contributed by atoms with Crippen molar-refractivity contribution in [3.63, 3.8) is 0 Å². The summed E-state index contributed by atoms with van der Waals surface area (Å²) in [5, 5.41) is 4.03. The first-order valence-corrected chi connectivity index (χ1v) is 9.87. The predicted molar refractivity (Wildman–Crippen MR) is 109 cm³/mol. The van der Waals surface area contributed by atoms with Crippen LogP contribution in [0.4, 0.5) is 31.0 Å². The van der Waals surface area contributed by atoms with Gasteiger partial charge in [0.1, 0.15) is 0 Å². The number of hydrogen-bond acceptors (Lipinski definition) is 9. The molecule has 1 aromatic heterocycles. The van der Waals surface area contributed by atoms with Crippen molar-refractivity contribution in [2.45, 2.75) is 6.18 Å². The van der Waals surface area contributed by atoms with Crippen LogP contribution >= 0.6 is 0 Å². The minimum Gasteiger partial charge on any atom is -0.378 e. The molecule has 0 radical (unpaired) electrons. The largest absolute Gasteiger partial charge is 0.416 e. The minimum atomic E-state index is -4.41. The Hall–Kier alpha value is -2.99. The fourth-order valence-electron chi connectivity index (χ4n) is 3.17. The van der Waals surface area contributed by atoms with Gasteiger partial charge < -0.3 is 19.3 Å². The van der Waals surface area contributed by atoms with Crippen LogP contribution in [0, 0.1) is 0 Å². The lowest BCUT2D eigenvalue weighted by molar-refractivity contribution is -0.137. The summed E-state index contributed by atoms with van der Waals surface area (Å²) in [6.45, 7) is 4.92. The molecule has 2 saturated heterocycles. The molecule has 9 nitrogen and oxygen atoms in total. The Morgan fingerprint density at radius 3 is 2.03 bits per heavy atom. The normalized spacial score (nSPS) is 17.9. The molecule has 0 bridgehead atoms. The van der Waals surface area contributed by atoms with E-state index >= 15 is 0 Å². The molecule has 2 aliphatic rings. The van der Waals surface area contributed by atoms with Gasteiger partial charge >= 0.3 is 6.18 Å². The summed E-state index contributed by atoms with van der Waals surface area (Å²) in [6.07, 6.45) is -3.12. The summed E-state index contributed by atoms with van der Waals surface area (Å²) < 4.78 is 49.4. The van der Waals surface area contributed by atoms with Gasteiger partial charge in [0, 0.05) is 26.2 Å². The molecule has 0 amide bonds. The first kappa shape index (κ1) is 21.2. The number of rotatable bonds is 5. The molecule has 2 aromatic rings. The number of alkyl halides is 3. The lowest BCUT2D eigenvalue weighted by Crippen LogP contribution is -2.40. The summed E-state index contributed by atoms with van der Waals surface area (Å²) >= 11 is 0. The number of aromatic nitrogens is 3. The van der Waals surface area contributed by atoms with E-state index in [0.717, 1.165) is 12.1 Å². The Morgan fingerprint density at radius 1 is 0.903 bits per heavy atom. The van der Waals surface area contributed by atoms with Gasteiger partial charge in [0.25, 0.3) is 0 Å². The number of hydrazone groups is 1. The van der Waals surface area contributed by atoms with Crippen LogP contribution in [-0.2, 0) is 15.7 Å². The molecule has 2 fully saturated rings. The summed E-state index contributed by atoms with van der Waals surface area (Å²) in [4.78, 5) is 17.4.